The summed E-state index contributed by atoms with van der Waals surface area (Å²) in [5.74, 6) is 0.791. The largest absolute Gasteiger partial charge is 0.471 e. The summed E-state index contributed by atoms with van der Waals surface area (Å²) in [6.07, 6.45) is 0.733. The van der Waals surface area contributed by atoms with Crippen LogP contribution in [0.3, 0.4) is 0 Å². The Labute approximate surface area is 140 Å². The normalized spacial score (nSPS) is 13.4. The minimum atomic E-state index is 0.333. The van der Waals surface area contributed by atoms with Gasteiger partial charge in [0.1, 0.15) is 5.75 Å². The number of hydrogen-bond donors (Lipinski definition) is 0. The maximum absolute atomic E-state index is 6.07. The third-order valence-corrected chi connectivity index (χ3v) is 4.62. The molecule has 0 aliphatic carbocycles. The number of halogens is 3. The fourth-order valence-electron chi connectivity index (χ4n) is 2.13. The standard InChI is InChI=1S/C15H10Cl2INO/c16-10-2-4-13(18)9(5-10)6-14-12-3-1-11(17)7-15(12)20-8-19-14/h1-5,7H,6,8H2. The highest BCUT2D eigenvalue weighted by molar-refractivity contribution is 14.1. The van der Waals surface area contributed by atoms with Gasteiger partial charge in [0.05, 0.1) is 5.71 Å². The minimum absolute atomic E-state index is 0.333. The van der Waals surface area contributed by atoms with Gasteiger partial charge in [-0.1, -0.05) is 23.2 Å². The molecule has 0 amide bonds. The fraction of sp³-hybridized carbons (Fsp3) is 0.133. The van der Waals surface area contributed by atoms with Gasteiger partial charge in [0.25, 0.3) is 0 Å². The smallest absolute Gasteiger partial charge is 0.179 e. The number of fused-ring (bicyclic) bond motifs is 1. The van der Waals surface area contributed by atoms with Crippen LogP contribution >= 0.6 is 45.8 Å². The SMILES string of the molecule is Clc1ccc(I)c(CC2=NCOc3cc(Cl)ccc32)c1. The summed E-state index contributed by atoms with van der Waals surface area (Å²) < 4.78 is 6.70. The van der Waals surface area contributed by atoms with Crippen LogP contribution in [0.1, 0.15) is 11.1 Å². The van der Waals surface area contributed by atoms with E-state index in [1.165, 1.54) is 9.13 Å². The summed E-state index contributed by atoms with van der Waals surface area (Å²) >= 11 is 14.4. The van der Waals surface area contributed by atoms with Crippen LogP contribution < -0.4 is 4.74 Å². The van der Waals surface area contributed by atoms with Gasteiger partial charge in [-0.2, -0.15) is 0 Å². The fourth-order valence-corrected chi connectivity index (χ4v) is 3.01. The van der Waals surface area contributed by atoms with E-state index in [0.29, 0.717) is 11.8 Å². The Kier molecular flexibility index (Phi) is 4.19. The van der Waals surface area contributed by atoms with Crippen molar-refractivity contribution < 1.29 is 4.74 Å². The molecule has 0 saturated heterocycles. The average molecular weight is 418 g/mol. The first-order chi connectivity index (χ1) is 9.63. The number of ether oxygens (including phenoxy) is 1. The number of nitrogens with zero attached hydrogens (tertiary/aromatic N) is 1. The Hall–Kier alpha value is -0.780. The maximum atomic E-state index is 6.07. The second-order valence-electron chi connectivity index (χ2n) is 4.43. The van der Waals surface area contributed by atoms with Crippen LogP contribution in [0.2, 0.25) is 10.0 Å². The van der Waals surface area contributed by atoms with E-state index in [1.807, 2.05) is 36.4 Å². The Balaban J connectivity index is 1.96. The van der Waals surface area contributed by atoms with Crippen molar-refractivity contribution in [3.05, 3.63) is 61.1 Å². The van der Waals surface area contributed by atoms with Gasteiger partial charge >= 0.3 is 0 Å². The zero-order valence-corrected chi connectivity index (χ0v) is 14.0. The molecule has 0 fully saturated rings. The molecule has 1 heterocycles. The zero-order valence-electron chi connectivity index (χ0n) is 10.4. The van der Waals surface area contributed by atoms with Crippen LogP contribution in [0.15, 0.2) is 41.4 Å². The first-order valence-electron chi connectivity index (χ1n) is 6.03. The molecule has 2 aromatic carbocycles. The maximum Gasteiger partial charge on any atom is 0.179 e. The van der Waals surface area contributed by atoms with Crippen molar-refractivity contribution in [1.82, 2.24) is 0 Å². The van der Waals surface area contributed by atoms with Crippen LogP contribution in [0, 0.1) is 3.57 Å². The van der Waals surface area contributed by atoms with Gasteiger partial charge in [0, 0.05) is 25.6 Å². The minimum Gasteiger partial charge on any atom is -0.471 e. The third kappa shape index (κ3) is 2.95. The summed E-state index contributed by atoms with van der Waals surface area (Å²) in [5, 5.41) is 1.41. The summed E-state index contributed by atoms with van der Waals surface area (Å²) in [6, 6.07) is 11.5. The van der Waals surface area contributed by atoms with Gasteiger partial charge in [-0.15, -0.1) is 0 Å². The quantitative estimate of drug-likeness (QED) is 0.631. The van der Waals surface area contributed by atoms with E-state index in [-0.39, 0.29) is 0 Å². The van der Waals surface area contributed by atoms with Crippen molar-refractivity contribution in [3.8, 4) is 5.75 Å². The molecule has 0 unspecified atom stereocenters. The van der Waals surface area contributed by atoms with E-state index in [0.717, 1.165) is 28.5 Å². The topological polar surface area (TPSA) is 21.6 Å². The molecule has 2 aromatic rings. The van der Waals surface area contributed by atoms with Crippen molar-refractivity contribution in [3.63, 3.8) is 0 Å². The summed E-state index contributed by atoms with van der Waals surface area (Å²) in [6.45, 7) is 0.333. The lowest BCUT2D eigenvalue weighted by atomic mass is 10.0. The Bertz CT molecular complexity index is 700. The second-order valence-corrected chi connectivity index (χ2v) is 6.47. The summed E-state index contributed by atoms with van der Waals surface area (Å²) in [5.41, 5.74) is 3.17. The highest BCUT2D eigenvalue weighted by Gasteiger charge is 2.17. The molecular weight excluding hydrogens is 408 g/mol. The average Bonchev–Trinajstić information content (AvgIpc) is 2.43. The zero-order chi connectivity index (χ0) is 14.1. The number of benzene rings is 2. The van der Waals surface area contributed by atoms with Crippen molar-refractivity contribution in [1.29, 1.82) is 0 Å². The van der Waals surface area contributed by atoms with E-state index in [1.54, 1.807) is 0 Å². The molecule has 1 aliphatic rings. The molecule has 3 rings (SSSR count). The van der Waals surface area contributed by atoms with Crippen LogP contribution in [-0.4, -0.2) is 12.4 Å². The highest BCUT2D eigenvalue weighted by Crippen LogP contribution is 2.29. The van der Waals surface area contributed by atoms with Crippen LogP contribution in [0.25, 0.3) is 0 Å². The predicted molar refractivity (Wildman–Crippen MR) is 91.4 cm³/mol. The van der Waals surface area contributed by atoms with Crippen LogP contribution in [0.4, 0.5) is 0 Å². The van der Waals surface area contributed by atoms with Crippen molar-refractivity contribution in [2.24, 2.45) is 4.99 Å². The van der Waals surface area contributed by atoms with Gasteiger partial charge in [-0.3, -0.25) is 0 Å². The molecule has 2 nitrogen and oxygen atoms in total. The van der Waals surface area contributed by atoms with Crippen molar-refractivity contribution in [2.45, 2.75) is 6.42 Å². The highest BCUT2D eigenvalue weighted by atomic mass is 127. The molecule has 0 spiro atoms. The van der Waals surface area contributed by atoms with Crippen LogP contribution in [-0.2, 0) is 6.42 Å². The molecule has 0 atom stereocenters. The van der Waals surface area contributed by atoms with E-state index in [2.05, 4.69) is 27.6 Å². The number of rotatable bonds is 2. The van der Waals surface area contributed by atoms with E-state index in [4.69, 9.17) is 27.9 Å². The predicted octanol–water partition coefficient (Wildman–Crippen LogP) is 4.98. The molecule has 102 valence electrons. The number of hydrogen-bond acceptors (Lipinski definition) is 2. The van der Waals surface area contributed by atoms with Gasteiger partial charge in [0.15, 0.2) is 6.73 Å². The monoisotopic (exact) mass is 417 g/mol. The second kappa shape index (κ2) is 5.92. The molecule has 0 N–H and O–H groups in total. The molecular formula is C15H10Cl2INO. The molecule has 20 heavy (non-hydrogen) atoms. The Morgan fingerprint density at radius 2 is 1.85 bits per heavy atom. The van der Waals surface area contributed by atoms with Crippen molar-refractivity contribution in [2.75, 3.05) is 6.73 Å². The molecule has 5 heteroatoms. The van der Waals surface area contributed by atoms with Gasteiger partial charge in [-0.05, 0) is 64.6 Å². The Morgan fingerprint density at radius 1 is 1.10 bits per heavy atom. The molecule has 0 bridgehead atoms. The number of aliphatic imine (C=N–C) groups is 1. The van der Waals surface area contributed by atoms with E-state index >= 15 is 0 Å². The summed E-state index contributed by atoms with van der Waals surface area (Å²) in [7, 11) is 0. The van der Waals surface area contributed by atoms with Gasteiger partial charge in [0.2, 0.25) is 0 Å². The molecule has 0 aromatic heterocycles. The van der Waals surface area contributed by atoms with Crippen LogP contribution in [0.5, 0.6) is 5.75 Å². The van der Waals surface area contributed by atoms with Gasteiger partial charge in [-0.25, -0.2) is 4.99 Å². The van der Waals surface area contributed by atoms with E-state index < -0.39 is 0 Å². The van der Waals surface area contributed by atoms with Crippen molar-refractivity contribution >= 4 is 51.5 Å². The van der Waals surface area contributed by atoms with E-state index in [9.17, 15) is 0 Å². The first kappa shape index (κ1) is 14.2. The lowest BCUT2D eigenvalue weighted by Crippen LogP contribution is -2.15. The molecule has 1 aliphatic heterocycles. The first-order valence-corrected chi connectivity index (χ1v) is 7.87. The van der Waals surface area contributed by atoms with Gasteiger partial charge < -0.3 is 4.74 Å². The lowest BCUT2D eigenvalue weighted by molar-refractivity contribution is 0.324. The summed E-state index contributed by atoms with van der Waals surface area (Å²) in [4.78, 5) is 4.47. The molecule has 0 radical (unpaired) electrons. The molecule has 0 saturated carbocycles. The third-order valence-electron chi connectivity index (χ3n) is 3.10. The lowest BCUT2D eigenvalue weighted by Gasteiger charge is -2.18. The Morgan fingerprint density at radius 3 is 2.70 bits per heavy atom.